The van der Waals surface area contributed by atoms with Gasteiger partial charge in [0.1, 0.15) is 6.04 Å². The minimum atomic E-state index is -0.502. The minimum absolute atomic E-state index is 0.126. The Morgan fingerprint density at radius 2 is 1.58 bits per heavy atom. The van der Waals surface area contributed by atoms with Crippen LogP contribution >= 0.6 is 0 Å². The molecule has 0 spiro atoms. The van der Waals surface area contributed by atoms with E-state index >= 15 is 0 Å². The van der Waals surface area contributed by atoms with Gasteiger partial charge in [0.25, 0.3) is 0 Å². The molecular formula is C27H45N3O3. The number of esters is 1. The number of carbonyl (C=O) groups is 2. The van der Waals surface area contributed by atoms with Crippen molar-refractivity contribution < 1.29 is 14.3 Å². The third-order valence-electron chi connectivity index (χ3n) is 6.45. The largest absolute Gasteiger partial charge is 0.465 e. The highest BCUT2D eigenvalue weighted by Crippen LogP contribution is 2.15. The molecule has 3 N–H and O–H groups in total. The van der Waals surface area contributed by atoms with E-state index in [2.05, 4.69) is 17.4 Å². The first kappa shape index (κ1) is 27.3. The lowest BCUT2D eigenvalue weighted by Crippen LogP contribution is -2.53. The second kappa shape index (κ2) is 16.7. The van der Waals surface area contributed by atoms with Gasteiger partial charge in [-0.2, -0.15) is 0 Å². The van der Waals surface area contributed by atoms with Crippen molar-refractivity contribution in [2.75, 3.05) is 26.2 Å². The van der Waals surface area contributed by atoms with Gasteiger partial charge in [-0.1, -0.05) is 68.9 Å². The molecular weight excluding hydrogens is 414 g/mol. The number of amides is 1. The molecule has 1 unspecified atom stereocenters. The van der Waals surface area contributed by atoms with E-state index in [1.165, 1.54) is 37.7 Å². The molecule has 1 heterocycles. The van der Waals surface area contributed by atoms with E-state index in [1.807, 2.05) is 30.0 Å². The number of nitrogens with zero attached hydrogens (tertiary/aromatic N) is 1. The summed E-state index contributed by atoms with van der Waals surface area (Å²) in [5.74, 6) is -0.146. The molecule has 1 aromatic carbocycles. The van der Waals surface area contributed by atoms with Gasteiger partial charge in [-0.25, -0.2) is 0 Å². The first-order valence-corrected chi connectivity index (χ1v) is 13.1. The Balaban J connectivity index is 2.10. The highest BCUT2D eigenvalue weighted by atomic mass is 16.5. The average molecular weight is 460 g/mol. The van der Waals surface area contributed by atoms with Crippen molar-refractivity contribution in [3.8, 4) is 0 Å². The quantitative estimate of drug-likeness (QED) is 0.361. The van der Waals surface area contributed by atoms with Gasteiger partial charge in [0.2, 0.25) is 5.91 Å². The maximum atomic E-state index is 13.6. The van der Waals surface area contributed by atoms with Crippen LogP contribution in [0.15, 0.2) is 30.3 Å². The summed E-state index contributed by atoms with van der Waals surface area (Å²) in [5, 5.41) is 3.42. The molecule has 33 heavy (non-hydrogen) atoms. The number of rotatable bonds is 12. The molecule has 1 aliphatic rings. The number of carbonyl (C=O) groups excluding carboxylic acids is 2. The van der Waals surface area contributed by atoms with Crippen LogP contribution in [0.25, 0.3) is 0 Å². The number of hydrogen-bond donors (Lipinski definition) is 2. The fourth-order valence-electron chi connectivity index (χ4n) is 4.52. The highest BCUT2D eigenvalue weighted by molar-refractivity contribution is 5.83. The van der Waals surface area contributed by atoms with Crippen molar-refractivity contribution in [2.45, 2.75) is 96.1 Å². The van der Waals surface area contributed by atoms with E-state index in [0.717, 1.165) is 45.2 Å². The lowest BCUT2D eigenvalue weighted by atomic mass is 10.0. The molecule has 0 radical (unpaired) electrons. The van der Waals surface area contributed by atoms with Gasteiger partial charge in [-0.05, 0) is 57.6 Å². The van der Waals surface area contributed by atoms with Gasteiger partial charge < -0.3 is 15.4 Å². The summed E-state index contributed by atoms with van der Waals surface area (Å²) in [4.78, 5) is 28.4. The molecule has 2 rings (SSSR count). The van der Waals surface area contributed by atoms with Crippen LogP contribution in [0.5, 0.6) is 0 Å². The van der Waals surface area contributed by atoms with Gasteiger partial charge in [0.05, 0.1) is 12.6 Å². The van der Waals surface area contributed by atoms with Crippen LogP contribution in [0.4, 0.5) is 0 Å². The SMILES string of the molecule is CCOC(=O)C(CCc1ccccc1)N[C@@H](CCCCN)C(=O)N1CCCCCCCCC1. The molecule has 1 amide bonds. The molecule has 6 nitrogen and oxygen atoms in total. The van der Waals surface area contributed by atoms with Gasteiger partial charge >= 0.3 is 5.97 Å². The summed E-state index contributed by atoms with van der Waals surface area (Å²) in [6.07, 6.45) is 12.1. The van der Waals surface area contributed by atoms with E-state index in [4.69, 9.17) is 10.5 Å². The molecule has 1 saturated heterocycles. The molecule has 1 fully saturated rings. The van der Waals surface area contributed by atoms with Crippen LogP contribution in [0.3, 0.4) is 0 Å². The molecule has 6 heteroatoms. The number of aryl methyl sites for hydroxylation is 1. The molecule has 186 valence electrons. The second-order valence-corrected chi connectivity index (χ2v) is 9.13. The number of ether oxygens (including phenoxy) is 1. The van der Waals surface area contributed by atoms with Crippen LogP contribution in [-0.4, -0.2) is 55.1 Å². The number of unbranched alkanes of at least 4 members (excludes halogenated alkanes) is 1. The Kier molecular flexibility index (Phi) is 13.8. The van der Waals surface area contributed by atoms with Crippen molar-refractivity contribution >= 4 is 11.9 Å². The number of benzene rings is 1. The maximum absolute atomic E-state index is 13.6. The first-order chi connectivity index (χ1) is 16.2. The molecule has 0 aromatic heterocycles. The van der Waals surface area contributed by atoms with E-state index in [-0.39, 0.29) is 17.9 Å². The van der Waals surface area contributed by atoms with Crippen molar-refractivity contribution in [3.05, 3.63) is 35.9 Å². The fourth-order valence-corrected chi connectivity index (χ4v) is 4.52. The van der Waals surface area contributed by atoms with E-state index in [1.54, 1.807) is 0 Å². The number of nitrogens with one attached hydrogen (secondary N) is 1. The topological polar surface area (TPSA) is 84.7 Å². The Bertz CT molecular complexity index is 658. The fraction of sp³-hybridized carbons (Fsp3) is 0.704. The number of nitrogens with two attached hydrogens (primary N) is 1. The predicted octanol–water partition coefficient (Wildman–Crippen LogP) is 4.21. The maximum Gasteiger partial charge on any atom is 0.323 e. The van der Waals surface area contributed by atoms with Gasteiger partial charge in [-0.15, -0.1) is 0 Å². The molecule has 1 aromatic rings. The second-order valence-electron chi connectivity index (χ2n) is 9.13. The lowest BCUT2D eigenvalue weighted by molar-refractivity contribution is -0.146. The summed E-state index contributed by atoms with van der Waals surface area (Å²) >= 11 is 0. The molecule has 2 atom stereocenters. The van der Waals surface area contributed by atoms with Crippen LogP contribution in [0.2, 0.25) is 0 Å². The third kappa shape index (κ3) is 10.7. The first-order valence-electron chi connectivity index (χ1n) is 13.1. The van der Waals surface area contributed by atoms with Crippen molar-refractivity contribution in [1.82, 2.24) is 10.2 Å². The zero-order chi connectivity index (χ0) is 23.7. The van der Waals surface area contributed by atoms with Gasteiger partial charge in [0.15, 0.2) is 0 Å². The standard InChI is InChI=1S/C27H45N3O3/c1-2-33-27(32)25(19-18-23-15-9-8-10-16-23)29-24(17-11-12-20-28)26(31)30-21-13-6-4-3-5-7-14-22-30/h8-10,15-16,24-25,29H,2-7,11-14,17-22,28H2,1H3/t24-,25?/m0/s1. The zero-order valence-corrected chi connectivity index (χ0v) is 20.6. The molecule has 1 aliphatic heterocycles. The van der Waals surface area contributed by atoms with Crippen LogP contribution < -0.4 is 11.1 Å². The van der Waals surface area contributed by atoms with Crippen LogP contribution in [-0.2, 0) is 20.7 Å². The van der Waals surface area contributed by atoms with E-state index < -0.39 is 6.04 Å². The molecule has 0 bridgehead atoms. The Hall–Kier alpha value is -1.92. The van der Waals surface area contributed by atoms with Crippen LogP contribution in [0, 0.1) is 0 Å². The third-order valence-corrected chi connectivity index (χ3v) is 6.45. The smallest absolute Gasteiger partial charge is 0.323 e. The minimum Gasteiger partial charge on any atom is -0.465 e. The molecule has 0 aliphatic carbocycles. The van der Waals surface area contributed by atoms with Crippen molar-refractivity contribution in [1.29, 1.82) is 0 Å². The number of hydrogen-bond acceptors (Lipinski definition) is 5. The molecule has 0 saturated carbocycles. The van der Waals surface area contributed by atoms with Gasteiger partial charge in [-0.3, -0.25) is 14.9 Å². The van der Waals surface area contributed by atoms with Gasteiger partial charge in [0, 0.05) is 13.1 Å². The monoisotopic (exact) mass is 459 g/mol. The van der Waals surface area contributed by atoms with Crippen molar-refractivity contribution in [3.63, 3.8) is 0 Å². The summed E-state index contributed by atoms with van der Waals surface area (Å²) in [7, 11) is 0. The highest BCUT2D eigenvalue weighted by Gasteiger charge is 2.29. The summed E-state index contributed by atoms with van der Waals surface area (Å²) in [6.45, 7) is 4.38. The average Bonchev–Trinajstić information content (AvgIpc) is 2.84. The summed E-state index contributed by atoms with van der Waals surface area (Å²) < 4.78 is 5.36. The van der Waals surface area contributed by atoms with E-state index in [0.29, 0.717) is 26.0 Å². The Morgan fingerprint density at radius 3 is 2.18 bits per heavy atom. The van der Waals surface area contributed by atoms with Crippen LogP contribution in [0.1, 0.15) is 83.1 Å². The lowest BCUT2D eigenvalue weighted by Gasteiger charge is -2.31. The Morgan fingerprint density at radius 1 is 0.939 bits per heavy atom. The Labute approximate surface area is 200 Å². The zero-order valence-electron chi connectivity index (χ0n) is 20.6. The predicted molar refractivity (Wildman–Crippen MR) is 134 cm³/mol. The van der Waals surface area contributed by atoms with E-state index in [9.17, 15) is 9.59 Å². The summed E-state index contributed by atoms with van der Waals surface area (Å²) in [5.41, 5.74) is 6.89. The normalized spacial score (nSPS) is 17.2. The summed E-state index contributed by atoms with van der Waals surface area (Å²) in [6, 6.07) is 9.25. The van der Waals surface area contributed by atoms with Crippen molar-refractivity contribution in [2.24, 2.45) is 5.73 Å².